The molecule has 2 aromatic heterocycles. The van der Waals surface area contributed by atoms with Crippen molar-refractivity contribution in [3.8, 4) is 17.1 Å². The molecule has 3 rings (SSSR count). The number of H-pyrrole nitrogens is 1. The van der Waals surface area contributed by atoms with Crippen molar-refractivity contribution in [2.45, 2.75) is 12.8 Å². The van der Waals surface area contributed by atoms with E-state index in [1.54, 1.807) is 12.1 Å². The minimum atomic E-state index is -4.47. The molecule has 0 saturated heterocycles. The van der Waals surface area contributed by atoms with Gasteiger partial charge in [-0.2, -0.15) is 18.3 Å². The van der Waals surface area contributed by atoms with Crippen molar-refractivity contribution in [3.63, 3.8) is 0 Å². The fraction of sp³-hybridized carbons (Fsp3) is 0.125. The molecule has 0 radical (unpaired) electrons. The molecular formula is C16H12F3N3O. The Morgan fingerprint density at radius 1 is 1.04 bits per heavy atom. The number of hydrogen-bond acceptors (Lipinski definition) is 3. The molecule has 2 heterocycles. The van der Waals surface area contributed by atoms with Gasteiger partial charge in [-0.05, 0) is 23.8 Å². The van der Waals surface area contributed by atoms with E-state index in [1.165, 1.54) is 6.20 Å². The van der Waals surface area contributed by atoms with Gasteiger partial charge in [0.05, 0.1) is 11.3 Å². The zero-order chi connectivity index (χ0) is 16.3. The van der Waals surface area contributed by atoms with E-state index in [0.717, 1.165) is 11.6 Å². The van der Waals surface area contributed by atoms with E-state index in [9.17, 15) is 13.2 Å². The van der Waals surface area contributed by atoms with Crippen LogP contribution in [0.3, 0.4) is 0 Å². The first kappa shape index (κ1) is 15.1. The number of aromatic amines is 1. The number of nitrogens with one attached hydrogen (secondary N) is 1. The number of alkyl halides is 3. The predicted molar refractivity (Wildman–Crippen MR) is 77.6 cm³/mol. The average molecular weight is 319 g/mol. The Balaban J connectivity index is 1.85. The summed E-state index contributed by atoms with van der Waals surface area (Å²) in [6, 6.07) is 13.6. The van der Waals surface area contributed by atoms with Crippen LogP contribution in [0.15, 0.2) is 54.7 Å². The Kier molecular flexibility index (Phi) is 4.01. The molecule has 0 spiro atoms. The maximum Gasteiger partial charge on any atom is 0.432 e. The third-order valence-electron chi connectivity index (χ3n) is 3.15. The van der Waals surface area contributed by atoms with Crippen molar-refractivity contribution in [1.82, 2.24) is 15.2 Å². The smallest absolute Gasteiger partial charge is 0.432 e. The number of hydrogen-bond donors (Lipinski definition) is 1. The van der Waals surface area contributed by atoms with Crippen molar-refractivity contribution in [3.05, 3.63) is 66.0 Å². The van der Waals surface area contributed by atoms with E-state index < -0.39 is 11.9 Å². The first-order valence-electron chi connectivity index (χ1n) is 6.79. The van der Waals surface area contributed by atoms with Crippen molar-refractivity contribution in [1.29, 1.82) is 0 Å². The van der Waals surface area contributed by atoms with Crippen LogP contribution >= 0.6 is 0 Å². The second-order valence-electron chi connectivity index (χ2n) is 4.80. The molecule has 0 atom stereocenters. The number of halogens is 3. The molecule has 0 saturated carbocycles. The monoisotopic (exact) mass is 319 g/mol. The van der Waals surface area contributed by atoms with Gasteiger partial charge in [0.1, 0.15) is 12.3 Å². The molecule has 118 valence electrons. The van der Waals surface area contributed by atoms with E-state index >= 15 is 0 Å². The summed E-state index contributed by atoms with van der Waals surface area (Å²) in [6.45, 7) is 0.265. The van der Waals surface area contributed by atoms with Crippen LogP contribution in [0.2, 0.25) is 0 Å². The predicted octanol–water partition coefficient (Wildman–Crippen LogP) is 4.07. The molecule has 0 unspecified atom stereocenters. The van der Waals surface area contributed by atoms with Gasteiger partial charge >= 0.3 is 6.18 Å². The third-order valence-corrected chi connectivity index (χ3v) is 3.15. The van der Waals surface area contributed by atoms with Gasteiger partial charge in [0.15, 0.2) is 0 Å². The van der Waals surface area contributed by atoms with E-state index in [2.05, 4.69) is 10.1 Å². The Bertz CT molecular complexity index is 785. The lowest BCUT2D eigenvalue weighted by Gasteiger charge is -2.08. The van der Waals surface area contributed by atoms with Crippen molar-refractivity contribution >= 4 is 0 Å². The van der Waals surface area contributed by atoms with Gasteiger partial charge < -0.3 is 4.74 Å². The van der Waals surface area contributed by atoms with Gasteiger partial charge in [0.2, 0.25) is 5.88 Å². The highest BCUT2D eigenvalue weighted by Gasteiger charge is 2.33. The molecule has 4 nitrogen and oxygen atoms in total. The van der Waals surface area contributed by atoms with E-state index in [0.29, 0.717) is 5.56 Å². The molecule has 0 aliphatic rings. The number of benzene rings is 1. The van der Waals surface area contributed by atoms with Gasteiger partial charge in [-0.1, -0.05) is 30.3 Å². The highest BCUT2D eigenvalue weighted by Crippen LogP contribution is 2.32. The molecule has 23 heavy (non-hydrogen) atoms. The van der Waals surface area contributed by atoms with Crippen LogP contribution in [0.4, 0.5) is 13.2 Å². The van der Waals surface area contributed by atoms with Gasteiger partial charge in [-0.3, -0.25) is 5.10 Å². The summed E-state index contributed by atoms with van der Waals surface area (Å²) in [5, 5.41) is 5.69. The molecule has 0 bridgehead atoms. The highest BCUT2D eigenvalue weighted by molar-refractivity contribution is 5.65. The van der Waals surface area contributed by atoms with Crippen LogP contribution < -0.4 is 4.74 Å². The highest BCUT2D eigenvalue weighted by atomic mass is 19.4. The van der Waals surface area contributed by atoms with Gasteiger partial charge in [-0.15, -0.1) is 0 Å². The quantitative estimate of drug-likeness (QED) is 0.788. The van der Waals surface area contributed by atoms with Crippen LogP contribution in [-0.4, -0.2) is 15.2 Å². The minimum Gasteiger partial charge on any atom is -0.472 e. The second kappa shape index (κ2) is 6.12. The molecule has 0 fully saturated rings. The van der Waals surface area contributed by atoms with Crippen LogP contribution in [0.5, 0.6) is 5.88 Å². The first-order valence-corrected chi connectivity index (χ1v) is 6.79. The van der Waals surface area contributed by atoms with Crippen LogP contribution in [-0.2, 0) is 12.8 Å². The van der Waals surface area contributed by atoms with Crippen LogP contribution in [0, 0.1) is 0 Å². The van der Waals surface area contributed by atoms with Gasteiger partial charge in [-0.25, -0.2) is 4.98 Å². The lowest BCUT2D eigenvalue weighted by Crippen LogP contribution is -2.04. The minimum absolute atomic E-state index is 0.133. The summed E-state index contributed by atoms with van der Waals surface area (Å²) in [5.74, 6) is 0.233. The van der Waals surface area contributed by atoms with Crippen LogP contribution in [0.1, 0.15) is 11.3 Å². The molecule has 3 aromatic rings. The fourth-order valence-electron chi connectivity index (χ4n) is 2.03. The van der Waals surface area contributed by atoms with Crippen molar-refractivity contribution < 1.29 is 17.9 Å². The molecule has 0 aliphatic heterocycles. The van der Waals surface area contributed by atoms with Gasteiger partial charge in [0.25, 0.3) is 0 Å². The normalized spacial score (nSPS) is 11.4. The number of pyridine rings is 1. The SMILES string of the molecule is FC(F)(F)c1cc(-c2cccnc2OCc2ccccc2)n[nH]1. The molecule has 1 N–H and O–H groups in total. The number of nitrogens with zero attached hydrogens (tertiary/aromatic N) is 2. The maximum absolute atomic E-state index is 12.7. The lowest BCUT2D eigenvalue weighted by atomic mass is 10.2. The molecule has 0 aliphatic carbocycles. The molecule has 7 heteroatoms. The average Bonchev–Trinajstić information content (AvgIpc) is 3.04. The third kappa shape index (κ3) is 3.50. The Morgan fingerprint density at radius 3 is 2.52 bits per heavy atom. The first-order chi connectivity index (χ1) is 11.0. The number of rotatable bonds is 4. The van der Waals surface area contributed by atoms with E-state index in [-0.39, 0.29) is 18.2 Å². The summed E-state index contributed by atoms with van der Waals surface area (Å²) in [4.78, 5) is 4.08. The molecular weight excluding hydrogens is 307 g/mol. The standard InChI is InChI=1S/C16H12F3N3O/c17-16(18,19)14-9-13(21-22-14)12-7-4-8-20-15(12)23-10-11-5-2-1-3-6-11/h1-9H,10H2,(H,21,22). The Hall–Kier alpha value is -2.83. The Morgan fingerprint density at radius 2 is 1.83 bits per heavy atom. The number of aromatic nitrogens is 3. The van der Waals surface area contributed by atoms with Gasteiger partial charge in [0, 0.05) is 6.20 Å². The fourth-order valence-corrected chi connectivity index (χ4v) is 2.03. The summed E-state index contributed by atoms with van der Waals surface area (Å²) >= 11 is 0. The lowest BCUT2D eigenvalue weighted by molar-refractivity contribution is -0.141. The molecule has 0 amide bonds. The Labute approximate surface area is 130 Å². The van der Waals surface area contributed by atoms with Crippen LogP contribution in [0.25, 0.3) is 11.3 Å². The molecule has 1 aromatic carbocycles. The zero-order valence-corrected chi connectivity index (χ0v) is 11.8. The summed E-state index contributed by atoms with van der Waals surface area (Å²) < 4.78 is 43.6. The largest absolute Gasteiger partial charge is 0.472 e. The van der Waals surface area contributed by atoms with E-state index in [4.69, 9.17) is 4.74 Å². The van der Waals surface area contributed by atoms with Crippen molar-refractivity contribution in [2.75, 3.05) is 0 Å². The maximum atomic E-state index is 12.7. The number of ether oxygens (including phenoxy) is 1. The summed E-state index contributed by atoms with van der Waals surface area (Å²) in [6.07, 6.45) is -2.96. The second-order valence-corrected chi connectivity index (χ2v) is 4.80. The van der Waals surface area contributed by atoms with E-state index in [1.807, 2.05) is 35.4 Å². The summed E-state index contributed by atoms with van der Waals surface area (Å²) in [5.41, 5.74) is 0.552. The van der Waals surface area contributed by atoms with Crippen molar-refractivity contribution in [2.24, 2.45) is 0 Å². The summed E-state index contributed by atoms with van der Waals surface area (Å²) in [7, 11) is 0. The zero-order valence-electron chi connectivity index (χ0n) is 11.8. The topological polar surface area (TPSA) is 50.8 Å².